The van der Waals surface area contributed by atoms with E-state index in [9.17, 15) is 4.79 Å². The van der Waals surface area contributed by atoms with Gasteiger partial charge in [-0.3, -0.25) is 4.79 Å². The zero-order valence-electron chi connectivity index (χ0n) is 16.3. The molecule has 1 amide bonds. The second-order valence-corrected chi connectivity index (χ2v) is 10.4. The molecule has 7 heteroatoms. The van der Waals surface area contributed by atoms with Gasteiger partial charge in [0.2, 0.25) is 5.91 Å². The number of thioether (sulfide) groups is 1. The molecule has 0 aromatic carbocycles. The van der Waals surface area contributed by atoms with Crippen molar-refractivity contribution in [2.45, 2.75) is 75.0 Å². The van der Waals surface area contributed by atoms with E-state index in [1.807, 2.05) is 0 Å². The molecule has 1 aliphatic heterocycles. The second-order valence-electron chi connectivity index (χ2n) is 8.39. The molecule has 3 heterocycles. The third-order valence-electron chi connectivity index (χ3n) is 6.45. The normalized spacial score (nSPS) is 24.9. The number of piperidine rings is 1. The highest BCUT2D eigenvalue weighted by Crippen LogP contribution is 2.40. The van der Waals surface area contributed by atoms with E-state index in [1.165, 1.54) is 56.2 Å². The van der Waals surface area contributed by atoms with Gasteiger partial charge < -0.3 is 9.47 Å². The summed E-state index contributed by atoms with van der Waals surface area (Å²) in [6.45, 7) is 0.944. The molecule has 28 heavy (non-hydrogen) atoms. The Kier molecular flexibility index (Phi) is 5.46. The van der Waals surface area contributed by atoms with E-state index in [1.54, 1.807) is 23.1 Å². The molecular weight excluding hydrogens is 388 g/mol. The van der Waals surface area contributed by atoms with Crippen molar-refractivity contribution >= 4 is 29.0 Å². The van der Waals surface area contributed by atoms with Crippen molar-refractivity contribution in [2.24, 2.45) is 5.92 Å². The summed E-state index contributed by atoms with van der Waals surface area (Å²) in [5, 5.41) is 12.0. The Morgan fingerprint density at radius 1 is 1.14 bits per heavy atom. The van der Waals surface area contributed by atoms with Crippen molar-refractivity contribution in [3.63, 3.8) is 0 Å². The maximum Gasteiger partial charge on any atom is 0.233 e. The van der Waals surface area contributed by atoms with E-state index in [0.717, 1.165) is 29.9 Å². The Morgan fingerprint density at radius 2 is 2.00 bits per heavy atom. The van der Waals surface area contributed by atoms with Gasteiger partial charge in [-0.25, -0.2) is 0 Å². The Labute approximate surface area is 174 Å². The van der Waals surface area contributed by atoms with E-state index in [-0.39, 0.29) is 0 Å². The van der Waals surface area contributed by atoms with Gasteiger partial charge >= 0.3 is 0 Å². The number of carbonyl (C=O) groups excluding carboxylic acids is 1. The summed E-state index contributed by atoms with van der Waals surface area (Å²) in [5.74, 6) is 2.58. The Bertz CT molecular complexity index is 812. The minimum Gasteiger partial charge on any atom is -0.339 e. The van der Waals surface area contributed by atoms with E-state index >= 15 is 0 Å². The lowest BCUT2D eigenvalue weighted by atomic mass is 9.78. The molecule has 0 radical (unpaired) electrons. The van der Waals surface area contributed by atoms with E-state index < -0.39 is 0 Å². The molecule has 0 bridgehead atoms. The molecule has 2 aromatic rings. The van der Waals surface area contributed by atoms with Crippen molar-refractivity contribution in [3.8, 4) is 0 Å². The smallest absolute Gasteiger partial charge is 0.233 e. The number of nitrogens with zero attached hydrogens (tertiary/aromatic N) is 4. The van der Waals surface area contributed by atoms with E-state index in [2.05, 4.69) is 37.2 Å². The van der Waals surface area contributed by atoms with Gasteiger partial charge in [0, 0.05) is 29.9 Å². The lowest BCUT2D eigenvalue weighted by molar-refractivity contribution is -0.134. The van der Waals surface area contributed by atoms with Crippen molar-refractivity contribution in [2.75, 3.05) is 12.3 Å². The first kappa shape index (κ1) is 18.7. The fourth-order valence-corrected chi connectivity index (χ4v) is 6.55. The molecule has 0 N–H and O–H groups in total. The molecule has 2 aliphatic carbocycles. The maximum atomic E-state index is 13.0. The number of likely N-dealkylation sites (tertiary alicyclic amines) is 1. The molecule has 3 aliphatic rings. The van der Waals surface area contributed by atoms with E-state index in [0.29, 0.717) is 23.7 Å². The van der Waals surface area contributed by atoms with Crippen LogP contribution in [0, 0.1) is 5.92 Å². The van der Waals surface area contributed by atoms with Crippen LogP contribution in [0.5, 0.6) is 0 Å². The molecule has 2 atom stereocenters. The summed E-state index contributed by atoms with van der Waals surface area (Å²) >= 11 is 3.36. The summed E-state index contributed by atoms with van der Waals surface area (Å²) in [6.07, 6.45) is 10.8. The van der Waals surface area contributed by atoms with Crippen LogP contribution in [0.3, 0.4) is 0 Å². The van der Waals surface area contributed by atoms with Crippen LogP contribution >= 0.6 is 23.1 Å². The van der Waals surface area contributed by atoms with Crippen molar-refractivity contribution in [1.29, 1.82) is 0 Å². The molecule has 5 rings (SSSR count). The van der Waals surface area contributed by atoms with Crippen molar-refractivity contribution in [1.82, 2.24) is 19.7 Å². The Hall–Kier alpha value is -1.34. The van der Waals surface area contributed by atoms with Gasteiger partial charge in [0.1, 0.15) is 5.82 Å². The number of hydrogen-bond acceptors (Lipinski definition) is 5. The first-order valence-corrected chi connectivity index (χ1v) is 12.5. The lowest BCUT2D eigenvalue weighted by Gasteiger charge is -2.44. The average Bonchev–Trinajstić information content (AvgIpc) is 3.28. The molecule has 0 spiro atoms. The van der Waals surface area contributed by atoms with Crippen molar-refractivity contribution in [3.05, 3.63) is 28.2 Å². The SMILES string of the molecule is O=C(CSc1nnc(Cc2cccs2)n1C1CC1)N1CCC[C@@H]2CCCC[C@@H]21. The first-order chi connectivity index (χ1) is 13.8. The van der Waals surface area contributed by atoms with Crippen LogP contribution in [0.1, 0.15) is 68.1 Å². The van der Waals surface area contributed by atoms with Gasteiger partial charge in [-0.2, -0.15) is 0 Å². The van der Waals surface area contributed by atoms with Gasteiger partial charge in [0.05, 0.1) is 5.75 Å². The molecule has 5 nitrogen and oxygen atoms in total. The molecule has 1 saturated heterocycles. The zero-order valence-corrected chi connectivity index (χ0v) is 17.9. The van der Waals surface area contributed by atoms with Crippen LogP contribution in [0.25, 0.3) is 0 Å². The predicted molar refractivity (Wildman–Crippen MR) is 113 cm³/mol. The number of hydrogen-bond donors (Lipinski definition) is 0. The number of thiophene rings is 1. The van der Waals surface area contributed by atoms with Gasteiger partial charge in [-0.15, -0.1) is 21.5 Å². The Morgan fingerprint density at radius 3 is 2.82 bits per heavy atom. The topological polar surface area (TPSA) is 51.0 Å². The molecule has 2 aromatic heterocycles. The Balaban J connectivity index is 1.26. The second kappa shape index (κ2) is 8.19. The summed E-state index contributed by atoms with van der Waals surface area (Å²) in [7, 11) is 0. The number of aromatic nitrogens is 3. The fraction of sp³-hybridized carbons (Fsp3) is 0.667. The predicted octanol–water partition coefficient (Wildman–Crippen LogP) is 4.54. The largest absolute Gasteiger partial charge is 0.339 e. The van der Waals surface area contributed by atoms with Gasteiger partial charge in [-0.1, -0.05) is 30.7 Å². The minimum atomic E-state index is 0.298. The van der Waals surface area contributed by atoms with Crippen LogP contribution in [-0.2, 0) is 11.2 Å². The number of rotatable bonds is 6. The van der Waals surface area contributed by atoms with Crippen LogP contribution in [-0.4, -0.2) is 43.9 Å². The third-order valence-corrected chi connectivity index (χ3v) is 8.25. The van der Waals surface area contributed by atoms with Crippen LogP contribution < -0.4 is 0 Å². The van der Waals surface area contributed by atoms with Gasteiger partial charge in [0.15, 0.2) is 5.16 Å². The monoisotopic (exact) mass is 416 g/mol. The molecule has 150 valence electrons. The highest BCUT2D eigenvalue weighted by Gasteiger charge is 2.36. The van der Waals surface area contributed by atoms with Crippen LogP contribution in [0.15, 0.2) is 22.7 Å². The highest BCUT2D eigenvalue weighted by molar-refractivity contribution is 7.99. The van der Waals surface area contributed by atoms with Crippen LogP contribution in [0.2, 0.25) is 0 Å². The quantitative estimate of drug-likeness (QED) is 0.649. The summed E-state index contributed by atoms with van der Waals surface area (Å²) < 4.78 is 2.30. The highest BCUT2D eigenvalue weighted by atomic mass is 32.2. The third kappa shape index (κ3) is 3.88. The minimum absolute atomic E-state index is 0.298. The average molecular weight is 417 g/mol. The summed E-state index contributed by atoms with van der Waals surface area (Å²) in [6, 6.07) is 5.26. The summed E-state index contributed by atoms with van der Waals surface area (Å²) in [5.41, 5.74) is 0. The summed E-state index contributed by atoms with van der Waals surface area (Å²) in [4.78, 5) is 16.6. The van der Waals surface area contributed by atoms with E-state index in [4.69, 9.17) is 0 Å². The maximum absolute atomic E-state index is 13.0. The number of fused-ring (bicyclic) bond motifs is 1. The molecule has 3 fully saturated rings. The molecular formula is C21H28N4OS2. The number of amides is 1. The lowest BCUT2D eigenvalue weighted by Crippen LogP contribution is -2.50. The first-order valence-electron chi connectivity index (χ1n) is 10.7. The number of carbonyl (C=O) groups is 1. The zero-order chi connectivity index (χ0) is 18.9. The fourth-order valence-electron chi connectivity index (χ4n) is 4.94. The molecule has 2 saturated carbocycles. The van der Waals surface area contributed by atoms with Gasteiger partial charge in [-0.05, 0) is 55.9 Å². The van der Waals surface area contributed by atoms with Crippen LogP contribution in [0.4, 0.5) is 0 Å². The van der Waals surface area contributed by atoms with Crippen molar-refractivity contribution < 1.29 is 4.79 Å². The molecule has 0 unspecified atom stereocenters. The standard InChI is InChI=1S/C21H28N4OS2/c26-20(24-11-3-6-15-5-1-2-8-18(15)24)14-28-21-23-22-19(25(21)16-9-10-16)13-17-7-4-12-27-17/h4,7,12,15-16,18H,1-3,5-6,8-11,13-14H2/t15-,18-/m0/s1. The van der Waals surface area contributed by atoms with Gasteiger partial charge in [0.25, 0.3) is 0 Å².